The molecule has 10 heteroatoms. The molecule has 0 fully saturated rings. The minimum Gasteiger partial charge on any atom is -0.495 e. The Kier molecular flexibility index (Phi) is 6.05. The summed E-state index contributed by atoms with van der Waals surface area (Å²) in [4.78, 5) is 16.8. The van der Waals surface area contributed by atoms with Gasteiger partial charge in [0, 0.05) is 5.56 Å². The molecule has 1 amide bonds. The molecule has 2 N–H and O–H groups in total. The van der Waals surface area contributed by atoms with Gasteiger partial charge < -0.3 is 4.74 Å². The zero-order chi connectivity index (χ0) is 22.9. The molecule has 32 heavy (non-hydrogen) atoms. The van der Waals surface area contributed by atoms with Gasteiger partial charge in [0.05, 0.1) is 32.9 Å². The number of amides is 1. The standard InChI is InChI=1S/C22H18ClN3O4S2/c1-13-3-5-14(6-4-13)21(27)25-22-24-18-11-15(7-10-20(18)31-22)26-32(28,29)16-8-9-19(30-2)17(23)12-16/h3-12,26H,1-2H3,(H,24,25,27). The van der Waals surface area contributed by atoms with E-state index in [9.17, 15) is 13.2 Å². The van der Waals surface area contributed by atoms with Crippen LogP contribution in [0.25, 0.3) is 10.2 Å². The molecular weight excluding hydrogens is 470 g/mol. The number of rotatable bonds is 6. The monoisotopic (exact) mass is 487 g/mol. The molecule has 3 aromatic carbocycles. The molecule has 4 aromatic rings. The lowest BCUT2D eigenvalue weighted by atomic mass is 10.1. The summed E-state index contributed by atoms with van der Waals surface area (Å²) in [5, 5.41) is 3.40. The fourth-order valence-corrected chi connectivity index (χ4v) is 5.19. The SMILES string of the molecule is COc1ccc(S(=O)(=O)Nc2ccc3sc(NC(=O)c4ccc(C)cc4)nc3c2)cc1Cl. The summed E-state index contributed by atoms with van der Waals surface area (Å²) < 4.78 is 33.9. The molecule has 0 aliphatic heterocycles. The molecule has 7 nitrogen and oxygen atoms in total. The average molecular weight is 488 g/mol. The van der Waals surface area contributed by atoms with E-state index in [0.717, 1.165) is 10.3 Å². The van der Waals surface area contributed by atoms with E-state index in [1.54, 1.807) is 30.3 Å². The zero-order valence-electron chi connectivity index (χ0n) is 17.0. The number of aromatic nitrogens is 1. The predicted molar refractivity (Wildman–Crippen MR) is 128 cm³/mol. The molecule has 0 radical (unpaired) electrons. The number of thiazole rings is 1. The Bertz CT molecular complexity index is 1420. The number of ether oxygens (including phenoxy) is 1. The van der Waals surface area contributed by atoms with E-state index in [-0.39, 0.29) is 15.8 Å². The van der Waals surface area contributed by atoms with Gasteiger partial charge in [-0.2, -0.15) is 0 Å². The van der Waals surface area contributed by atoms with Crippen molar-refractivity contribution in [3.05, 3.63) is 76.8 Å². The number of nitrogens with zero attached hydrogens (tertiary/aromatic N) is 1. The number of halogens is 1. The number of carbonyl (C=O) groups excluding carboxylic acids is 1. The first kappa shape index (κ1) is 22.1. The third kappa shape index (κ3) is 4.69. The number of methoxy groups -OCH3 is 1. The molecule has 0 atom stereocenters. The van der Waals surface area contributed by atoms with Crippen molar-refractivity contribution < 1.29 is 17.9 Å². The summed E-state index contributed by atoms with van der Waals surface area (Å²) >= 11 is 7.35. The first-order valence-corrected chi connectivity index (χ1v) is 12.1. The molecule has 0 unspecified atom stereocenters. The van der Waals surface area contributed by atoms with Crippen molar-refractivity contribution in [2.75, 3.05) is 17.1 Å². The number of hydrogen-bond acceptors (Lipinski definition) is 6. The van der Waals surface area contributed by atoms with Gasteiger partial charge in [0.15, 0.2) is 5.13 Å². The van der Waals surface area contributed by atoms with Crippen LogP contribution in [0.15, 0.2) is 65.6 Å². The van der Waals surface area contributed by atoms with Gasteiger partial charge in [0.25, 0.3) is 15.9 Å². The van der Waals surface area contributed by atoms with Crippen molar-refractivity contribution in [3.8, 4) is 5.75 Å². The lowest BCUT2D eigenvalue weighted by molar-refractivity contribution is 0.102. The molecule has 0 aliphatic rings. The predicted octanol–water partition coefficient (Wildman–Crippen LogP) is 5.32. The van der Waals surface area contributed by atoms with Crippen molar-refractivity contribution in [2.24, 2.45) is 0 Å². The second-order valence-electron chi connectivity index (χ2n) is 6.92. The highest BCUT2D eigenvalue weighted by atomic mass is 35.5. The summed E-state index contributed by atoms with van der Waals surface area (Å²) in [6.45, 7) is 1.95. The van der Waals surface area contributed by atoms with Crippen LogP contribution in [0.4, 0.5) is 10.8 Å². The molecule has 164 valence electrons. The van der Waals surface area contributed by atoms with E-state index in [2.05, 4.69) is 15.0 Å². The van der Waals surface area contributed by atoms with E-state index < -0.39 is 10.0 Å². The van der Waals surface area contributed by atoms with Crippen LogP contribution >= 0.6 is 22.9 Å². The van der Waals surface area contributed by atoms with E-state index in [0.29, 0.717) is 27.6 Å². The molecule has 0 saturated carbocycles. The van der Waals surface area contributed by atoms with Crippen molar-refractivity contribution in [2.45, 2.75) is 11.8 Å². The number of fused-ring (bicyclic) bond motifs is 1. The van der Waals surface area contributed by atoms with Crippen molar-refractivity contribution >= 4 is 59.9 Å². The maximum absolute atomic E-state index is 12.7. The van der Waals surface area contributed by atoms with Gasteiger partial charge in [0.1, 0.15) is 5.75 Å². The number of sulfonamides is 1. The van der Waals surface area contributed by atoms with Crippen LogP contribution in [0.3, 0.4) is 0 Å². The average Bonchev–Trinajstić information content (AvgIpc) is 3.15. The topological polar surface area (TPSA) is 97.4 Å². The maximum Gasteiger partial charge on any atom is 0.261 e. The van der Waals surface area contributed by atoms with Crippen molar-refractivity contribution in [3.63, 3.8) is 0 Å². The normalized spacial score (nSPS) is 11.3. The Labute approximate surface area is 194 Å². The van der Waals surface area contributed by atoms with E-state index in [1.807, 2.05) is 19.1 Å². The second-order valence-corrected chi connectivity index (χ2v) is 10.0. The number of aryl methyl sites for hydroxylation is 1. The van der Waals surface area contributed by atoms with Crippen molar-refractivity contribution in [1.29, 1.82) is 0 Å². The van der Waals surface area contributed by atoms with Gasteiger partial charge >= 0.3 is 0 Å². The Morgan fingerprint density at radius 2 is 1.81 bits per heavy atom. The Hall–Kier alpha value is -3.14. The lowest BCUT2D eigenvalue weighted by Gasteiger charge is -2.10. The summed E-state index contributed by atoms with van der Waals surface area (Å²) in [5.74, 6) is 0.121. The van der Waals surface area contributed by atoms with Crippen LogP contribution in [0.1, 0.15) is 15.9 Å². The smallest absolute Gasteiger partial charge is 0.261 e. The molecule has 0 saturated heterocycles. The molecule has 0 spiro atoms. The van der Waals surface area contributed by atoms with Gasteiger partial charge in [-0.05, 0) is 55.5 Å². The first-order valence-electron chi connectivity index (χ1n) is 9.40. The summed E-state index contributed by atoms with van der Waals surface area (Å²) in [6, 6.07) is 16.4. The molecule has 0 bridgehead atoms. The Morgan fingerprint density at radius 1 is 1.06 bits per heavy atom. The van der Waals surface area contributed by atoms with Gasteiger partial charge in [-0.25, -0.2) is 13.4 Å². The first-order chi connectivity index (χ1) is 15.2. The number of anilines is 2. The maximum atomic E-state index is 12.7. The highest BCUT2D eigenvalue weighted by Crippen LogP contribution is 2.31. The number of carbonyl (C=O) groups is 1. The Balaban J connectivity index is 1.54. The van der Waals surface area contributed by atoms with Crippen LogP contribution in [-0.2, 0) is 10.0 Å². The Morgan fingerprint density at radius 3 is 2.50 bits per heavy atom. The largest absolute Gasteiger partial charge is 0.495 e. The zero-order valence-corrected chi connectivity index (χ0v) is 19.4. The fourth-order valence-electron chi connectivity index (χ4n) is 2.95. The molecule has 1 aromatic heterocycles. The van der Waals surface area contributed by atoms with Crippen LogP contribution in [-0.4, -0.2) is 26.4 Å². The van der Waals surface area contributed by atoms with E-state index in [4.69, 9.17) is 16.3 Å². The fraction of sp³-hybridized carbons (Fsp3) is 0.0909. The number of benzene rings is 3. The van der Waals surface area contributed by atoms with Crippen LogP contribution in [0.5, 0.6) is 5.75 Å². The highest BCUT2D eigenvalue weighted by Gasteiger charge is 2.17. The number of hydrogen-bond donors (Lipinski definition) is 2. The second kappa shape index (κ2) is 8.78. The van der Waals surface area contributed by atoms with E-state index >= 15 is 0 Å². The van der Waals surface area contributed by atoms with Gasteiger partial charge in [0.2, 0.25) is 0 Å². The molecular formula is C22H18ClN3O4S2. The minimum absolute atomic E-state index is 0.00715. The summed E-state index contributed by atoms with van der Waals surface area (Å²) in [6.07, 6.45) is 0. The van der Waals surface area contributed by atoms with Gasteiger partial charge in [-0.15, -0.1) is 0 Å². The lowest BCUT2D eigenvalue weighted by Crippen LogP contribution is -2.13. The summed E-state index contributed by atoms with van der Waals surface area (Å²) in [5.41, 5.74) is 2.49. The van der Waals surface area contributed by atoms with Crippen LogP contribution in [0, 0.1) is 6.92 Å². The van der Waals surface area contributed by atoms with Crippen LogP contribution in [0.2, 0.25) is 5.02 Å². The molecule has 0 aliphatic carbocycles. The number of nitrogens with one attached hydrogen (secondary N) is 2. The van der Waals surface area contributed by atoms with E-state index in [1.165, 1.54) is 36.6 Å². The molecule has 1 heterocycles. The quantitative estimate of drug-likeness (QED) is 0.383. The highest BCUT2D eigenvalue weighted by molar-refractivity contribution is 7.92. The molecule has 4 rings (SSSR count). The minimum atomic E-state index is -3.87. The van der Waals surface area contributed by atoms with Crippen LogP contribution < -0.4 is 14.8 Å². The third-order valence-corrected chi connectivity index (χ3v) is 7.23. The van der Waals surface area contributed by atoms with Gasteiger partial charge in [-0.1, -0.05) is 40.6 Å². The third-order valence-electron chi connectivity index (χ3n) is 4.61. The van der Waals surface area contributed by atoms with Crippen molar-refractivity contribution in [1.82, 2.24) is 4.98 Å². The van der Waals surface area contributed by atoms with Gasteiger partial charge in [-0.3, -0.25) is 14.8 Å². The summed E-state index contributed by atoms with van der Waals surface area (Å²) in [7, 11) is -2.41.